The van der Waals surface area contributed by atoms with E-state index in [0.29, 0.717) is 17.5 Å². The third-order valence-corrected chi connectivity index (χ3v) is 3.09. The summed E-state index contributed by atoms with van der Waals surface area (Å²) in [6.07, 6.45) is 0. The van der Waals surface area contributed by atoms with Crippen LogP contribution in [-0.2, 0) is 4.74 Å². The smallest absolute Gasteiger partial charge is 0.369 e. The number of hydrogen-bond acceptors (Lipinski definition) is 6. The van der Waals surface area contributed by atoms with Crippen LogP contribution in [0.15, 0.2) is 0 Å². The predicted molar refractivity (Wildman–Crippen MR) is 58.7 cm³/mol. The van der Waals surface area contributed by atoms with Gasteiger partial charge in [-0.1, -0.05) is 11.3 Å². The van der Waals surface area contributed by atoms with Gasteiger partial charge < -0.3 is 10.1 Å². The number of hydrogen-bond donors (Lipinski definition) is 1. The molecule has 1 N–H and O–H groups in total. The second kappa shape index (κ2) is 5.39. The van der Waals surface area contributed by atoms with E-state index in [2.05, 4.69) is 15.5 Å². The first-order valence-corrected chi connectivity index (χ1v) is 5.34. The molecule has 1 aliphatic heterocycles. The van der Waals surface area contributed by atoms with Gasteiger partial charge >= 0.3 is 5.97 Å². The van der Waals surface area contributed by atoms with Crippen LogP contribution in [0.5, 0.6) is 0 Å². The van der Waals surface area contributed by atoms with Crippen molar-refractivity contribution in [3.63, 3.8) is 0 Å². The number of nitrogens with zero attached hydrogens (tertiary/aromatic N) is 2. The summed E-state index contributed by atoms with van der Waals surface area (Å²) >= 11 is 1.33. The molecule has 0 atom stereocenters. The van der Waals surface area contributed by atoms with Crippen molar-refractivity contribution >= 4 is 29.7 Å². The van der Waals surface area contributed by atoms with E-state index in [1.165, 1.54) is 11.3 Å². The molecule has 1 aromatic rings. The lowest BCUT2D eigenvalue weighted by atomic mass is 10.1. The van der Waals surface area contributed by atoms with Gasteiger partial charge in [0.05, 0.1) is 6.61 Å². The van der Waals surface area contributed by atoms with E-state index >= 15 is 0 Å². The maximum atomic E-state index is 11.3. The number of aromatic nitrogens is 2. The molecule has 1 saturated heterocycles. The molecule has 0 saturated carbocycles. The maximum absolute atomic E-state index is 11.3. The van der Waals surface area contributed by atoms with Gasteiger partial charge in [0.1, 0.15) is 5.01 Å². The molecule has 0 unspecified atom stereocenters. The lowest BCUT2D eigenvalue weighted by molar-refractivity contribution is 0.0525. The van der Waals surface area contributed by atoms with E-state index in [1.807, 2.05) is 0 Å². The average Bonchev–Trinajstić information content (AvgIpc) is 2.50. The van der Waals surface area contributed by atoms with Crippen LogP contribution < -0.4 is 5.32 Å². The first-order valence-electron chi connectivity index (χ1n) is 4.52. The molecule has 84 valence electrons. The first-order chi connectivity index (χ1) is 6.81. The molecule has 1 aliphatic rings. The van der Waals surface area contributed by atoms with E-state index in [1.54, 1.807) is 6.92 Å². The Morgan fingerprint density at radius 3 is 2.87 bits per heavy atom. The van der Waals surface area contributed by atoms with Crippen molar-refractivity contribution in [2.75, 3.05) is 19.7 Å². The van der Waals surface area contributed by atoms with Crippen LogP contribution in [0, 0.1) is 0 Å². The third-order valence-electron chi connectivity index (χ3n) is 2.02. The van der Waals surface area contributed by atoms with Gasteiger partial charge in [-0.2, -0.15) is 0 Å². The summed E-state index contributed by atoms with van der Waals surface area (Å²) in [5.74, 6) is 0.0548. The Hall–Kier alpha value is -0.720. The zero-order chi connectivity index (χ0) is 9.97. The minimum Gasteiger partial charge on any atom is -0.461 e. The summed E-state index contributed by atoms with van der Waals surface area (Å²) in [4.78, 5) is 11.3. The molecule has 7 heteroatoms. The summed E-state index contributed by atoms with van der Waals surface area (Å²) in [7, 11) is 0. The summed E-state index contributed by atoms with van der Waals surface area (Å²) in [6, 6.07) is 0. The highest BCUT2D eigenvalue weighted by Gasteiger charge is 2.24. The van der Waals surface area contributed by atoms with Gasteiger partial charge in [-0.3, -0.25) is 0 Å². The fraction of sp³-hybridized carbons (Fsp3) is 0.625. The Kier molecular flexibility index (Phi) is 4.44. The maximum Gasteiger partial charge on any atom is 0.369 e. The molecule has 2 heterocycles. The molecular weight excluding hydrogens is 238 g/mol. The molecule has 0 amide bonds. The van der Waals surface area contributed by atoms with E-state index < -0.39 is 0 Å². The highest BCUT2D eigenvalue weighted by atomic mass is 35.5. The lowest BCUT2D eigenvalue weighted by Crippen LogP contribution is -2.39. The monoisotopic (exact) mass is 249 g/mol. The van der Waals surface area contributed by atoms with E-state index in [4.69, 9.17) is 4.74 Å². The first kappa shape index (κ1) is 12.4. The Bertz CT molecular complexity index is 340. The topological polar surface area (TPSA) is 64.1 Å². The second-order valence-electron chi connectivity index (χ2n) is 3.02. The Morgan fingerprint density at radius 2 is 2.33 bits per heavy atom. The summed E-state index contributed by atoms with van der Waals surface area (Å²) in [5, 5.41) is 12.2. The largest absolute Gasteiger partial charge is 0.461 e. The molecule has 1 fully saturated rings. The van der Waals surface area contributed by atoms with Crippen molar-refractivity contribution in [1.29, 1.82) is 0 Å². The molecule has 5 nitrogen and oxygen atoms in total. The molecule has 15 heavy (non-hydrogen) atoms. The summed E-state index contributed by atoms with van der Waals surface area (Å²) in [6.45, 7) is 4.00. The molecule has 1 aromatic heterocycles. The number of halogens is 1. The van der Waals surface area contributed by atoms with Gasteiger partial charge in [-0.25, -0.2) is 4.79 Å². The molecule has 0 bridgehead atoms. The quantitative estimate of drug-likeness (QED) is 0.804. The van der Waals surface area contributed by atoms with E-state index in [0.717, 1.165) is 18.1 Å². The lowest BCUT2D eigenvalue weighted by Gasteiger charge is -2.23. The Labute approximate surface area is 97.6 Å². The average molecular weight is 250 g/mol. The van der Waals surface area contributed by atoms with Gasteiger partial charge in [0, 0.05) is 19.0 Å². The minimum atomic E-state index is -0.372. The standard InChI is InChI=1S/C8H11N3O2S.ClH/c1-2-13-8(12)7-11-10-6(14-7)5-3-9-4-5;/h5,9H,2-4H2,1H3;1H. The third kappa shape index (κ3) is 2.64. The predicted octanol–water partition coefficient (Wildman–Crippen LogP) is 0.823. The van der Waals surface area contributed by atoms with Crippen LogP contribution in [0.3, 0.4) is 0 Å². The van der Waals surface area contributed by atoms with Crippen LogP contribution in [0.4, 0.5) is 0 Å². The summed E-state index contributed by atoms with van der Waals surface area (Å²) in [5.41, 5.74) is 0. The van der Waals surface area contributed by atoms with E-state index in [9.17, 15) is 4.79 Å². The molecular formula is C8H12ClN3O2S. The van der Waals surface area contributed by atoms with Crippen LogP contribution in [0.25, 0.3) is 0 Å². The van der Waals surface area contributed by atoms with Gasteiger partial charge in [0.25, 0.3) is 0 Å². The number of ether oxygens (including phenoxy) is 1. The molecule has 2 rings (SSSR count). The van der Waals surface area contributed by atoms with Gasteiger partial charge in [0.15, 0.2) is 0 Å². The molecule has 0 aromatic carbocycles. The van der Waals surface area contributed by atoms with Crippen molar-refractivity contribution in [2.24, 2.45) is 0 Å². The fourth-order valence-electron chi connectivity index (χ4n) is 1.14. The van der Waals surface area contributed by atoms with Crippen LogP contribution in [0.2, 0.25) is 0 Å². The van der Waals surface area contributed by atoms with Crippen molar-refractivity contribution < 1.29 is 9.53 Å². The van der Waals surface area contributed by atoms with Gasteiger partial charge in [0.2, 0.25) is 5.01 Å². The molecule has 0 spiro atoms. The number of carbonyl (C=O) groups is 1. The molecule has 0 radical (unpaired) electrons. The molecule has 0 aliphatic carbocycles. The van der Waals surface area contributed by atoms with Crippen LogP contribution in [0.1, 0.15) is 27.7 Å². The number of carbonyl (C=O) groups excluding carboxylic acids is 1. The fourth-order valence-corrected chi connectivity index (χ4v) is 1.98. The zero-order valence-corrected chi connectivity index (χ0v) is 9.86. The van der Waals surface area contributed by atoms with Gasteiger partial charge in [-0.05, 0) is 6.92 Å². The normalized spacial score (nSPS) is 15.3. The highest BCUT2D eigenvalue weighted by molar-refractivity contribution is 7.13. The van der Waals surface area contributed by atoms with Crippen LogP contribution in [-0.4, -0.2) is 35.9 Å². The summed E-state index contributed by atoms with van der Waals surface area (Å²) < 4.78 is 4.83. The number of rotatable bonds is 3. The van der Waals surface area contributed by atoms with Crippen molar-refractivity contribution in [2.45, 2.75) is 12.8 Å². The second-order valence-corrected chi connectivity index (χ2v) is 4.03. The van der Waals surface area contributed by atoms with Crippen LogP contribution >= 0.6 is 23.7 Å². The van der Waals surface area contributed by atoms with Crippen molar-refractivity contribution in [3.8, 4) is 0 Å². The number of nitrogens with one attached hydrogen (secondary N) is 1. The minimum absolute atomic E-state index is 0. The zero-order valence-electron chi connectivity index (χ0n) is 8.23. The Balaban J connectivity index is 0.00000112. The number of esters is 1. The highest BCUT2D eigenvalue weighted by Crippen LogP contribution is 2.23. The van der Waals surface area contributed by atoms with Crippen molar-refractivity contribution in [3.05, 3.63) is 10.0 Å². The Morgan fingerprint density at radius 1 is 1.60 bits per heavy atom. The van der Waals surface area contributed by atoms with E-state index in [-0.39, 0.29) is 18.4 Å². The SMILES string of the molecule is CCOC(=O)c1nnc(C2CNC2)s1.Cl. The van der Waals surface area contributed by atoms with Gasteiger partial charge in [-0.15, -0.1) is 22.6 Å². The van der Waals surface area contributed by atoms with Crippen molar-refractivity contribution in [1.82, 2.24) is 15.5 Å².